The Balaban J connectivity index is 2.68. The number of hydrogen-bond donors (Lipinski definition) is 1. The van der Waals surface area contributed by atoms with Crippen molar-refractivity contribution in [3.05, 3.63) is 15.9 Å². The van der Waals surface area contributed by atoms with Gasteiger partial charge >= 0.3 is 6.18 Å². The van der Waals surface area contributed by atoms with E-state index >= 15 is 0 Å². The minimum absolute atomic E-state index is 0.109. The third-order valence-corrected chi connectivity index (χ3v) is 3.07. The summed E-state index contributed by atoms with van der Waals surface area (Å²) in [5.74, 6) is -1.80. The molecule has 2 rings (SSSR count). The Morgan fingerprint density at radius 1 is 1.47 bits per heavy atom. The van der Waals surface area contributed by atoms with Crippen molar-refractivity contribution in [3.63, 3.8) is 0 Å². The summed E-state index contributed by atoms with van der Waals surface area (Å²) in [5, 5.41) is 3.76. The Morgan fingerprint density at radius 2 is 2.12 bits per heavy atom. The second-order valence-corrected chi connectivity index (χ2v) is 4.45. The number of alkyl halides is 3. The summed E-state index contributed by atoms with van der Waals surface area (Å²) in [5.41, 5.74) is 5.89. The molecule has 0 amide bonds. The van der Waals surface area contributed by atoms with Crippen molar-refractivity contribution >= 4 is 33.9 Å². The monoisotopic (exact) mass is 357 g/mol. The maximum atomic E-state index is 12.6. The lowest BCUT2D eigenvalue weighted by molar-refractivity contribution is -0.148. The molecule has 0 aliphatic rings. The van der Waals surface area contributed by atoms with E-state index in [1.54, 1.807) is 22.6 Å². The molecule has 2 N–H and O–H groups in total. The van der Waals surface area contributed by atoms with Crippen LogP contribution in [0.4, 0.5) is 19.0 Å². The Bertz CT molecular complexity index is 564. The SMILES string of the molecule is C[C@@H](c1nc(I)c2c(N)ncnn12)C(F)(F)F. The second kappa shape index (κ2) is 3.96. The van der Waals surface area contributed by atoms with E-state index in [2.05, 4.69) is 15.1 Å². The molecule has 0 saturated heterocycles. The Hall–Kier alpha value is -1.13. The molecule has 92 valence electrons. The highest BCUT2D eigenvalue weighted by Crippen LogP contribution is 2.34. The Kier molecular flexibility index (Phi) is 2.87. The normalized spacial score (nSPS) is 14.2. The van der Waals surface area contributed by atoms with Crippen molar-refractivity contribution in [3.8, 4) is 0 Å². The molecule has 0 aliphatic heterocycles. The van der Waals surface area contributed by atoms with Crippen molar-refractivity contribution in [2.45, 2.75) is 19.0 Å². The molecule has 0 radical (unpaired) electrons. The maximum Gasteiger partial charge on any atom is 0.398 e. The molecular weight excluding hydrogens is 350 g/mol. The summed E-state index contributed by atoms with van der Waals surface area (Å²) in [6, 6.07) is 0. The minimum atomic E-state index is -4.37. The lowest BCUT2D eigenvalue weighted by Gasteiger charge is -2.13. The number of fused-ring (bicyclic) bond motifs is 1. The van der Waals surface area contributed by atoms with Crippen LogP contribution in [-0.2, 0) is 0 Å². The van der Waals surface area contributed by atoms with Crippen molar-refractivity contribution in [2.75, 3.05) is 5.73 Å². The number of nitrogen functional groups attached to an aromatic ring is 1. The van der Waals surface area contributed by atoms with E-state index in [0.717, 1.165) is 17.8 Å². The van der Waals surface area contributed by atoms with Crippen LogP contribution < -0.4 is 5.73 Å². The van der Waals surface area contributed by atoms with Gasteiger partial charge in [0.2, 0.25) is 0 Å². The van der Waals surface area contributed by atoms with E-state index in [9.17, 15) is 13.2 Å². The molecule has 0 unspecified atom stereocenters. The molecule has 17 heavy (non-hydrogen) atoms. The van der Waals surface area contributed by atoms with Crippen LogP contribution in [-0.4, -0.2) is 25.8 Å². The summed E-state index contributed by atoms with van der Waals surface area (Å²) in [6.45, 7) is 1.03. The van der Waals surface area contributed by atoms with Crippen LogP contribution in [0, 0.1) is 3.70 Å². The van der Waals surface area contributed by atoms with Crippen LogP contribution in [0.25, 0.3) is 5.52 Å². The average Bonchev–Trinajstić information content (AvgIpc) is 2.55. The molecule has 0 saturated carbocycles. The molecule has 0 aromatic carbocycles. The van der Waals surface area contributed by atoms with Gasteiger partial charge in [0.1, 0.15) is 27.3 Å². The van der Waals surface area contributed by atoms with Gasteiger partial charge in [-0.15, -0.1) is 0 Å². The fourth-order valence-electron chi connectivity index (χ4n) is 1.36. The first-order chi connectivity index (χ1) is 7.82. The van der Waals surface area contributed by atoms with Gasteiger partial charge in [-0.05, 0) is 29.5 Å². The standard InChI is InChI=1S/C8H7F3IN5/c1-3(8(9,10)11)7-16-5(12)4-6(13)14-2-15-17(4)7/h2-3H,1H3,(H2,13,14,15)/t3-/m0/s1. The number of hydrogen-bond acceptors (Lipinski definition) is 4. The number of anilines is 1. The van der Waals surface area contributed by atoms with E-state index in [0.29, 0.717) is 9.22 Å². The van der Waals surface area contributed by atoms with Gasteiger partial charge in [-0.25, -0.2) is 14.5 Å². The topological polar surface area (TPSA) is 69.1 Å². The first-order valence-corrected chi connectivity index (χ1v) is 5.61. The van der Waals surface area contributed by atoms with E-state index in [1.165, 1.54) is 0 Å². The lowest BCUT2D eigenvalue weighted by Crippen LogP contribution is -2.20. The Morgan fingerprint density at radius 3 is 2.71 bits per heavy atom. The largest absolute Gasteiger partial charge is 0.398 e. The average molecular weight is 357 g/mol. The van der Waals surface area contributed by atoms with Crippen LogP contribution in [0.15, 0.2) is 6.33 Å². The van der Waals surface area contributed by atoms with Gasteiger partial charge in [0, 0.05) is 0 Å². The van der Waals surface area contributed by atoms with Crippen LogP contribution in [0.2, 0.25) is 0 Å². The third kappa shape index (κ3) is 2.03. The highest BCUT2D eigenvalue weighted by atomic mass is 127. The predicted octanol–water partition coefficient (Wildman–Crippen LogP) is 1.98. The third-order valence-electron chi connectivity index (χ3n) is 2.32. The molecule has 1 atom stereocenters. The Labute approximate surface area is 107 Å². The van der Waals surface area contributed by atoms with Crippen LogP contribution >= 0.6 is 22.6 Å². The van der Waals surface area contributed by atoms with Crippen molar-refractivity contribution in [2.24, 2.45) is 0 Å². The molecular formula is C8H7F3IN5. The van der Waals surface area contributed by atoms with Gasteiger partial charge in [-0.2, -0.15) is 18.3 Å². The molecule has 2 heterocycles. The summed E-state index contributed by atoms with van der Waals surface area (Å²) < 4.78 is 39.4. The van der Waals surface area contributed by atoms with Crippen molar-refractivity contribution in [1.29, 1.82) is 0 Å². The van der Waals surface area contributed by atoms with E-state index in [-0.39, 0.29) is 11.6 Å². The van der Waals surface area contributed by atoms with Gasteiger partial charge in [0.15, 0.2) is 5.82 Å². The zero-order chi connectivity index (χ0) is 12.8. The number of imidazole rings is 1. The number of aromatic nitrogens is 4. The number of halogens is 4. The maximum absolute atomic E-state index is 12.6. The zero-order valence-corrected chi connectivity index (χ0v) is 10.7. The van der Waals surface area contributed by atoms with E-state index < -0.39 is 12.1 Å². The molecule has 0 fully saturated rings. The highest BCUT2D eigenvalue weighted by molar-refractivity contribution is 14.1. The molecule has 0 bridgehead atoms. The molecule has 0 spiro atoms. The van der Waals surface area contributed by atoms with Crippen molar-refractivity contribution < 1.29 is 13.2 Å². The number of rotatable bonds is 1. The molecule has 2 aromatic rings. The van der Waals surface area contributed by atoms with Gasteiger partial charge in [0.25, 0.3) is 0 Å². The van der Waals surface area contributed by atoms with Crippen LogP contribution in [0.1, 0.15) is 18.7 Å². The van der Waals surface area contributed by atoms with Gasteiger partial charge in [-0.1, -0.05) is 0 Å². The molecule has 5 nitrogen and oxygen atoms in total. The smallest absolute Gasteiger partial charge is 0.382 e. The first-order valence-electron chi connectivity index (χ1n) is 4.53. The van der Waals surface area contributed by atoms with Gasteiger partial charge in [0.05, 0.1) is 0 Å². The predicted molar refractivity (Wildman–Crippen MR) is 62.4 cm³/mol. The second-order valence-electron chi connectivity index (χ2n) is 3.43. The number of nitrogens with two attached hydrogens (primary N) is 1. The first kappa shape index (κ1) is 12.3. The van der Waals surface area contributed by atoms with Gasteiger partial charge < -0.3 is 5.73 Å². The number of nitrogens with zero attached hydrogens (tertiary/aromatic N) is 4. The van der Waals surface area contributed by atoms with Gasteiger partial charge in [-0.3, -0.25) is 0 Å². The highest BCUT2D eigenvalue weighted by Gasteiger charge is 2.40. The summed E-state index contributed by atoms with van der Waals surface area (Å²) in [7, 11) is 0. The quantitative estimate of drug-likeness (QED) is 0.793. The van der Waals surface area contributed by atoms with E-state index in [4.69, 9.17) is 5.73 Å². The lowest BCUT2D eigenvalue weighted by atomic mass is 10.1. The fourth-order valence-corrected chi connectivity index (χ4v) is 2.11. The molecule has 2 aromatic heterocycles. The minimum Gasteiger partial charge on any atom is -0.382 e. The summed E-state index contributed by atoms with van der Waals surface area (Å²) in [6.07, 6.45) is -3.27. The summed E-state index contributed by atoms with van der Waals surface area (Å²) in [4.78, 5) is 7.59. The van der Waals surface area contributed by atoms with Crippen molar-refractivity contribution in [1.82, 2.24) is 19.6 Å². The van der Waals surface area contributed by atoms with Crippen LogP contribution in [0.3, 0.4) is 0 Å². The zero-order valence-electron chi connectivity index (χ0n) is 8.53. The van der Waals surface area contributed by atoms with Crippen LogP contribution in [0.5, 0.6) is 0 Å². The molecule has 9 heteroatoms. The summed E-state index contributed by atoms with van der Waals surface area (Å²) >= 11 is 1.81. The fraction of sp³-hybridized carbons (Fsp3) is 0.375. The molecule has 0 aliphatic carbocycles. The van der Waals surface area contributed by atoms with E-state index in [1.807, 2.05) is 0 Å².